The van der Waals surface area contributed by atoms with E-state index in [0.717, 1.165) is 37.2 Å². The average molecular weight is 247 g/mol. The predicted octanol–water partition coefficient (Wildman–Crippen LogP) is 2.29. The molecule has 0 atom stereocenters. The molecule has 0 bridgehead atoms. The Labute approximate surface area is 108 Å². The van der Waals surface area contributed by atoms with Gasteiger partial charge in [-0.2, -0.15) is 0 Å². The van der Waals surface area contributed by atoms with E-state index in [2.05, 4.69) is 30.2 Å². The van der Waals surface area contributed by atoms with Crippen LogP contribution >= 0.6 is 0 Å². The topological polar surface area (TPSA) is 64.1 Å². The van der Waals surface area contributed by atoms with Gasteiger partial charge in [0, 0.05) is 6.54 Å². The van der Waals surface area contributed by atoms with Gasteiger partial charge in [0.2, 0.25) is 0 Å². The number of oxazole rings is 1. The number of rotatable bonds is 6. The van der Waals surface area contributed by atoms with Gasteiger partial charge in [-0.1, -0.05) is 19.9 Å². The monoisotopic (exact) mass is 247 g/mol. The molecule has 2 aromatic rings. The molecule has 4 heteroatoms. The van der Waals surface area contributed by atoms with Crippen molar-refractivity contribution in [2.24, 2.45) is 11.1 Å². The van der Waals surface area contributed by atoms with E-state index in [-0.39, 0.29) is 5.41 Å². The molecular formula is C14H21N3O. The minimum Gasteiger partial charge on any atom is -0.443 e. The normalized spacial score (nSPS) is 12.2. The third-order valence-corrected chi connectivity index (χ3v) is 3.26. The lowest BCUT2D eigenvalue weighted by Gasteiger charge is -2.22. The van der Waals surface area contributed by atoms with Gasteiger partial charge in [-0.3, -0.25) is 0 Å². The molecule has 0 saturated carbocycles. The van der Waals surface area contributed by atoms with E-state index in [1.54, 1.807) is 0 Å². The third kappa shape index (κ3) is 3.31. The summed E-state index contributed by atoms with van der Waals surface area (Å²) >= 11 is 0. The molecule has 1 aromatic heterocycles. The Hall–Kier alpha value is -1.39. The summed E-state index contributed by atoms with van der Waals surface area (Å²) < 4.78 is 5.28. The fourth-order valence-electron chi connectivity index (χ4n) is 1.77. The first-order valence-electron chi connectivity index (χ1n) is 6.34. The highest BCUT2D eigenvalue weighted by atomic mass is 16.3. The van der Waals surface area contributed by atoms with Crippen molar-refractivity contribution in [1.82, 2.24) is 10.3 Å². The van der Waals surface area contributed by atoms with Crippen LogP contribution in [-0.2, 0) is 6.54 Å². The molecule has 0 fully saturated rings. The van der Waals surface area contributed by atoms with E-state index >= 15 is 0 Å². The van der Waals surface area contributed by atoms with Gasteiger partial charge in [0.15, 0.2) is 12.0 Å². The molecule has 98 valence electrons. The Balaban J connectivity index is 1.83. The summed E-state index contributed by atoms with van der Waals surface area (Å²) in [5.41, 5.74) is 8.88. The fourth-order valence-corrected chi connectivity index (χ4v) is 1.77. The van der Waals surface area contributed by atoms with Gasteiger partial charge in [-0.25, -0.2) is 4.98 Å². The predicted molar refractivity (Wildman–Crippen MR) is 73.2 cm³/mol. The van der Waals surface area contributed by atoms with Gasteiger partial charge in [0.05, 0.1) is 0 Å². The van der Waals surface area contributed by atoms with Crippen LogP contribution in [0, 0.1) is 5.41 Å². The van der Waals surface area contributed by atoms with E-state index in [1.807, 2.05) is 12.1 Å². The van der Waals surface area contributed by atoms with Gasteiger partial charge in [0.25, 0.3) is 0 Å². The van der Waals surface area contributed by atoms with Gasteiger partial charge in [0.1, 0.15) is 5.52 Å². The highest BCUT2D eigenvalue weighted by Gasteiger charge is 2.14. The Kier molecular flexibility index (Phi) is 3.99. The zero-order valence-electron chi connectivity index (χ0n) is 11.1. The zero-order valence-corrected chi connectivity index (χ0v) is 11.1. The number of aromatic nitrogens is 1. The molecular weight excluding hydrogens is 226 g/mol. The summed E-state index contributed by atoms with van der Waals surface area (Å²) in [6.07, 6.45) is 2.56. The first-order valence-corrected chi connectivity index (χ1v) is 6.34. The summed E-state index contributed by atoms with van der Waals surface area (Å²) in [5.74, 6) is 0. The van der Waals surface area contributed by atoms with Crippen LogP contribution in [0.4, 0.5) is 0 Å². The van der Waals surface area contributed by atoms with Crippen molar-refractivity contribution >= 4 is 11.1 Å². The molecule has 2 rings (SSSR count). The summed E-state index contributed by atoms with van der Waals surface area (Å²) in [4.78, 5) is 4.10. The number of nitrogens with zero attached hydrogens (tertiary/aromatic N) is 1. The number of nitrogens with one attached hydrogen (secondary N) is 1. The first kappa shape index (κ1) is 13.1. The van der Waals surface area contributed by atoms with Crippen LogP contribution in [0.3, 0.4) is 0 Å². The van der Waals surface area contributed by atoms with Crippen molar-refractivity contribution < 1.29 is 4.42 Å². The smallest absolute Gasteiger partial charge is 0.181 e. The average Bonchev–Trinajstić information content (AvgIpc) is 2.82. The highest BCUT2D eigenvalue weighted by molar-refractivity contribution is 5.72. The molecule has 0 aliphatic carbocycles. The van der Waals surface area contributed by atoms with Crippen LogP contribution in [0.15, 0.2) is 29.0 Å². The van der Waals surface area contributed by atoms with Crippen molar-refractivity contribution in [2.45, 2.75) is 26.8 Å². The van der Waals surface area contributed by atoms with Gasteiger partial charge in [-0.15, -0.1) is 0 Å². The maximum atomic E-state index is 5.70. The van der Waals surface area contributed by atoms with Gasteiger partial charge >= 0.3 is 0 Å². The number of nitrogens with two attached hydrogens (primary N) is 1. The molecule has 4 nitrogen and oxygen atoms in total. The molecule has 1 heterocycles. The van der Waals surface area contributed by atoms with Crippen molar-refractivity contribution in [3.63, 3.8) is 0 Å². The van der Waals surface area contributed by atoms with Crippen LogP contribution in [0.5, 0.6) is 0 Å². The molecule has 18 heavy (non-hydrogen) atoms. The SMILES string of the molecule is CC(C)(CN)CCNCc1ccc2ncoc2c1. The summed E-state index contributed by atoms with van der Waals surface area (Å²) in [7, 11) is 0. The second-order valence-corrected chi connectivity index (χ2v) is 5.45. The maximum Gasteiger partial charge on any atom is 0.181 e. The Bertz CT molecular complexity index is 504. The van der Waals surface area contributed by atoms with Crippen LogP contribution in [-0.4, -0.2) is 18.1 Å². The Morgan fingerprint density at radius 2 is 2.22 bits per heavy atom. The van der Waals surface area contributed by atoms with E-state index in [4.69, 9.17) is 10.2 Å². The molecule has 1 aromatic carbocycles. The molecule has 0 aliphatic rings. The highest BCUT2D eigenvalue weighted by Crippen LogP contribution is 2.17. The summed E-state index contributed by atoms with van der Waals surface area (Å²) in [5, 5.41) is 3.43. The Morgan fingerprint density at radius 1 is 1.39 bits per heavy atom. The molecule has 0 spiro atoms. The van der Waals surface area contributed by atoms with Crippen LogP contribution < -0.4 is 11.1 Å². The van der Waals surface area contributed by atoms with Crippen LogP contribution in [0.1, 0.15) is 25.8 Å². The van der Waals surface area contributed by atoms with Crippen LogP contribution in [0.2, 0.25) is 0 Å². The van der Waals surface area contributed by atoms with Crippen molar-refractivity contribution in [1.29, 1.82) is 0 Å². The number of benzene rings is 1. The first-order chi connectivity index (χ1) is 8.61. The quantitative estimate of drug-likeness (QED) is 0.769. The molecule has 0 unspecified atom stereocenters. The van der Waals surface area contributed by atoms with Crippen LogP contribution in [0.25, 0.3) is 11.1 Å². The second-order valence-electron chi connectivity index (χ2n) is 5.45. The lowest BCUT2D eigenvalue weighted by molar-refractivity contribution is 0.339. The van der Waals surface area contributed by atoms with Crippen molar-refractivity contribution in [2.75, 3.05) is 13.1 Å². The van der Waals surface area contributed by atoms with E-state index < -0.39 is 0 Å². The summed E-state index contributed by atoms with van der Waals surface area (Å²) in [6.45, 7) is 6.92. The molecule has 3 N–H and O–H groups in total. The lowest BCUT2D eigenvalue weighted by atomic mass is 9.90. The number of hydrogen-bond donors (Lipinski definition) is 2. The fraction of sp³-hybridized carbons (Fsp3) is 0.500. The second kappa shape index (κ2) is 5.50. The van der Waals surface area contributed by atoms with Gasteiger partial charge in [-0.05, 0) is 42.6 Å². The largest absolute Gasteiger partial charge is 0.443 e. The van der Waals surface area contributed by atoms with E-state index in [0.29, 0.717) is 0 Å². The molecule has 0 amide bonds. The minimum atomic E-state index is 0.210. The Morgan fingerprint density at radius 3 is 3.00 bits per heavy atom. The molecule has 0 aliphatic heterocycles. The standard InChI is InChI=1S/C14H21N3O/c1-14(2,9-15)5-6-16-8-11-3-4-12-13(7-11)18-10-17-12/h3-4,7,10,16H,5-6,8-9,15H2,1-2H3. The van der Waals surface area contributed by atoms with Crippen molar-refractivity contribution in [3.8, 4) is 0 Å². The van der Waals surface area contributed by atoms with E-state index in [9.17, 15) is 0 Å². The van der Waals surface area contributed by atoms with E-state index in [1.165, 1.54) is 12.0 Å². The van der Waals surface area contributed by atoms with Gasteiger partial charge < -0.3 is 15.5 Å². The number of hydrogen-bond acceptors (Lipinski definition) is 4. The zero-order chi connectivity index (χ0) is 13.0. The lowest BCUT2D eigenvalue weighted by Crippen LogP contribution is -2.28. The third-order valence-electron chi connectivity index (χ3n) is 3.26. The van der Waals surface area contributed by atoms with Crippen molar-refractivity contribution in [3.05, 3.63) is 30.2 Å². The maximum absolute atomic E-state index is 5.70. The molecule has 0 saturated heterocycles. The summed E-state index contributed by atoms with van der Waals surface area (Å²) in [6, 6.07) is 6.09. The number of fused-ring (bicyclic) bond motifs is 1. The minimum absolute atomic E-state index is 0.210. The molecule has 0 radical (unpaired) electrons.